The van der Waals surface area contributed by atoms with Crippen molar-refractivity contribution < 1.29 is 31.9 Å². The molecule has 2 atom stereocenters. The summed E-state index contributed by atoms with van der Waals surface area (Å²) in [5, 5.41) is 2.62. The first-order valence-electron chi connectivity index (χ1n) is 12.8. The summed E-state index contributed by atoms with van der Waals surface area (Å²) in [6.45, 7) is 6.26. The number of halogens is 4. The summed E-state index contributed by atoms with van der Waals surface area (Å²) >= 11 is 0. The maximum absolute atomic E-state index is 15.7. The van der Waals surface area contributed by atoms with Crippen LogP contribution in [0.1, 0.15) is 31.1 Å². The molecule has 0 radical (unpaired) electrons. The summed E-state index contributed by atoms with van der Waals surface area (Å²) in [5.41, 5.74) is 4.15. The van der Waals surface area contributed by atoms with Crippen molar-refractivity contribution in [1.29, 1.82) is 0 Å². The number of rotatable bonds is 9. The van der Waals surface area contributed by atoms with Gasteiger partial charge in [0, 0.05) is 49.6 Å². The highest BCUT2D eigenvalue weighted by Crippen LogP contribution is 2.37. The van der Waals surface area contributed by atoms with Crippen molar-refractivity contribution in [2.45, 2.75) is 39.3 Å². The zero-order valence-electron chi connectivity index (χ0n) is 23.4. The highest BCUT2D eigenvalue weighted by atomic mass is 19.3. The largest absolute Gasteiger partial charge is 0.367 e. The lowest BCUT2D eigenvalue weighted by Crippen LogP contribution is -2.55. The van der Waals surface area contributed by atoms with Crippen LogP contribution in [0.5, 0.6) is 0 Å². The number of nitrogens with two attached hydrogens (primary N) is 1. The third-order valence-electron chi connectivity index (χ3n) is 7.18. The maximum Gasteiger partial charge on any atom is 0.264 e. The Kier molecular flexibility index (Phi) is 9.92. The van der Waals surface area contributed by atoms with Gasteiger partial charge in [-0.15, -0.1) is 0 Å². The van der Waals surface area contributed by atoms with Crippen molar-refractivity contribution in [3.63, 3.8) is 0 Å². The highest BCUT2D eigenvalue weighted by Gasteiger charge is 2.30. The molecule has 1 aliphatic heterocycles. The molecule has 41 heavy (non-hydrogen) atoms. The zero-order valence-corrected chi connectivity index (χ0v) is 23.4. The molecule has 1 saturated heterocycles. The standard InChI is InChI=1S/C29H33F4N5O3/c1-6-19(27(32)33)22(14-36(4)15-39)29(41)35-25-10-20(18-7-8-23(30)21(9-18)28(34)40)24(31)11-26(25)38-12-16(2)37(5)17(3)13-38/h6-11,14-17,27H,12-13H2,1-5H3,(H2,34,40)(H,35,41)/b19-6+,22-14+. The number of allylic oxidation sites excluding steroid dienone is 1. The van der Waals surface area contributed by atoms with Crippen molar-refractivity contribution in [3.05, 3.63) is 71.0 Å². The molecule has 2 unspecified atom stereocenters. The van der Waals surface area contributed by atoms with E-state index in [1.807, 2.05) is 25.8 Å². The number of carbonyl (C=O) groups is 3. The van der Waals surface area contributed by atoms with Crippen LogP contribution in [-0.4, -0.2) is 73.7 Å². The van der Waals surface area contributed by atoms with Gasteiger partial charge in [-0.2, -0.15) is 0 Å². The van der Waals surface area contributed by atoms with Crippen molar-refractivity contribution >= 4 is 29.6 Å². The summed E-state index contributed by atoms with van der Waals surface area (Å²) in [4.78, 5) is 41.4. The van der Waals surface area contributed by atoms with Gasteiger partial charge in [0.05, 0.1) is 22.5 Å². The van der Waals surface area contributed by atoms with E-state index in [9.17, 15) is 27.6 Å². The van der Waals surface area contributed by atoms with Crippen molar-refractivity contribution in [3.8, 4) is 11.1 Å². The Labute approximate surface area is 236 Å². The number of primary amides is 1. The van der Waals surface area contributed by atoms with Gasteiger partial charge in [-0.05, 0) is 57.6 Å². The molecule has 0 aromatic heterocycles. The average Bonchev–Trinajstić information content (AvgIpc) is 2.91. The molecule has 2 aromatic rings. The second-order valence-corrected chi connectivity index (χ2v) is 9.99. The fourth-order valence-corrected chi connectivity index (χ4v) is 4.72. The number of anilines is 2. The van der Waals surface area contributed by atoms with Gasteiger partial charge < -0.3 is 20.9 Å². The SMILES string of the molecule is C/C=C(\C(=C/N(C)C=O)C(=O)Nc1cc(-c2ccc(F)c(C(N)=O)c2)c(F)cc1N1CC(C)N(C)C(C)C1)C(F)F. The van der Waals surface area contributed by atoms with E-state index in [2.05, 4.69) is 10.2 Å². The van der Waals surface area contributed by atoms with E-state index in [1.165, 1.54) is 32.2 Å². The number of nitrogens with zero attached hydrogens (tertiary/aromatic N) is 3. The predicted octanol–water partition coefficient (Wildman–Crippen LogP) is 4.38. The molecule has 1 aliphatic rings. The Morgan fingerprint density at radius 1 is 1.10 bits per heavy atom. The summed E-state index contributed by atoms with van der Waals surface area (Å²) in [6, 6.07) is 5.95. The van der Waals surface area contributed by atoms with Crippen LogP contribution in [0.25, 0.3) is 11.1 Å². The smallest absolute Gasteiger partial charge is 0.264 e. The Bertz CT molecular complexity index is 1380. The Hall–Kier alpha value is -4.19. The van der Waals surface area contributed by atoms with Crippen LogP contribution >= 0.6 is 0 Å². The van der Waals surface area contributed by atoms with Gasteiger partial charge in [0.1, 0.15) is 11.6 Å². The number of hydrogen-bond donors (Lipinski definition) is 2. The summed E-state index contributed by atoms with van der Waals surface area (Å²) in [6.07, 6.45) is -0.622. The number of benzene rings is 2. The first-order chi connectivity index (χ1) is 19.3. The van der Waals surface area contributed by atoms with Crippen LogP contribution in [0.4, 0.5) is 28.9 Å². The number of likely N-dealkylation sites (N-methyl/N-ethyl adjacent to an activating group) is 1. The van der Waals surface area contributed by atoms with Crippen LogP contribution in [-0.2, 0) is 9.59 Å². The Morgan fingerprint density at radius 3 is 2.27 bits per heavy atom. The lowest BCUT2D eigenvalue weighted by atomic mass is 9.99. The molecule has 220 valence electrons. The molecular weight excluding hydrogens is 542 g/mol. The lowest BCUT2D eigenvalue weighted by Gasteiger charge is -2.44. The number of piperazine rings is 1. The first-order valence-corrected chi connectivity index (χ1v) is 12.8. The minimum absolute atomic E-state index is 0.0606. The number of carbonyl (C=O) groups excluding carboxylic acids is 3. The second-order valence-electron chi connectivity index (χ2n) is 9.99. The van der Waals surface area contributed by atoms with E-state index >= 15 is 4.39 Å². The molecular formula is C29H33F4N5O3. The zero-order chi connectivity index (χ0) is 30.6. The van der Waals surface area contributed by atoms with Gasteiger partial charge in [-0.1, -0.05) is 12.1 Å². The van der Waals surface area contributed by atoms with E-state index in [1.54, 1.807) is 0 Å². The van der Waals surface area contributed by atoms with E-state index in [4.69, 9.17) is 5.73 Å². The quantitative estimate of drug-likeness (QED) is 0.200. The first kappa shape index (κ1) is 31.3. The number of alkyl halides is 2. The van der Waals surface area contributed by atoms with Crippen molar-refractivity contribution in [2.24, 2.45) is 5.73 Å². The normalized spacial score (nSPS) is 18.4. The monoisotopic (exact) mass is 575 g/mol. The van der Waals surface area contributed by atoms with Gasteiger partial charge in [0.2, 0.25) is 6.41 Å². The van der Waals surface area contributed by atoms with Crippen LogP contribution in [0.15, 0.2) is 53.8 Å². The minimum Gasteiger partial charge on any atom is -0.367 e. The van der Waals surface area contributed by atoms with Gasteiger partial charge in [0.15, 0.2) is 0 Å². The van der Waals surface area contributed by atoms with Crippen LogP contribution in [0.3, 0.4) is 0 Å². The molecule has 0 saturated carbocycles. The molecule has 12 heteroatoms. The molecule has 3 N–H and O–H groups in total. The number of nitrogens with one attached hydrogen (secondary N) is 1. The Morgan fingerprint density at radius 2 is 1.73 bits per heavy atom. The van der Waals surface area contributed by atoms with E-state index in [-0.39, 0.29) is 28.9 Å². The van der Waals surface area contributed by atoms with Gasteiger partial charge in [-0.3, -0.25) is 19.3 Å². The molecule has 8 nitrogen and oxygen atoms in total. The molecule has 0 spiro atoms. The highest BCUT2D eigenvalue weighted by molar-refractivity contribution is 6.09. The fraction of sp³-hybridized carbons (Fsp3) is 0.345. The van der Waals surface area contributed by atoms with Crippen LogP contribution < -0.4 is 16.0 Å². The molecule has 3 amide bonds. The van der Waals surface area contributed by atoms with E-state index < -0.39 is 46.6 Å². The van der Waals surface area contributed by atoms with Crippen LogP contribution in [0, 0.1) is 11.6 Å². The topological polar surface area (TPSA) is 99.0 Å². The van der Waals surface area contributed by atoms with Crippen LogP contribution in [0.2, 0.25) is 0 Å². The molecule has 2 aromatic carbocycles. The minimum atomic E-state index is -3.02. The second kappa shape index (κ2) is 13.0. The third-order valence-corrected chi connectivity index (χ3v) is 7.18. The Balaban J connectivity index is 2.20. The molecule has 1 heterocycles. The lowest BCUT2D eigenvalue weighted by molar-refractivity contribution is -0.115. The average molecular weight is 576 g/mol. The summed E-state index contributed by atoms with van der Waals surface area (Å²) in [5.74, 6) is -3.61. The molecule has 1 fully saturated rings. The van der Waals surface area contributed by atoms with E-state index in [0.717, 1.165) is 29.3 Å². The molecule has 0 aliphatic carbocycles. The summed E-state index contributed by atoms with van der Waals surface area (Å²) in [7, 11) is 3.26. The number of hydrogen-bond acceptors (Lipinski definition) is 5. The van der Waals surface area contributed by atoms with Crippen molar-refractivity contribution in [1.82, 2.24) is 9.80 Å². The summed E-state index contributed by atoms with van der Waals surface area (Å²) < 4.78 is 57.5. The molecule has 3 rings (SSSR count). The van der Waals surface area contributed by atoms with Crippen molar-refractivity contribution in [2.75, 3.05) is 37.4 Å². The third kappa shape index (κ3) is 6.94. The maximum atomic E-state index is 15.7. The number of amides is 3. The molecule has 0 bridgehead atoms. The van der Waals surface area contributed by atoms with Gasteiger partial charge in [0.25, 0.3) is 18.2 Å². The van der Waals surface area contributed by atoms with Gasteiger partial charge in [-0.25, -0.2) is 17.6 Å². The van der Waals surface area contributed by atoms with Gasteiger partial charge >= 0.3 is 0 Å². The predicted molar refractivity (Wildman–Crippen MR) is 150 cm³/mol. The fourth-order valence-electron chi connectivity index (χ4n) is 4.72. The van der Waals surface area contributed by atoms with E-state index in [0.29, 0.717) is 25.2 Å².